The van der Waals surface area contributed by atoms with Crippen LogP contribution in [0.3, 0.4) is 0 Å². The predicted octanol–water partition coefficient (Wildman–Crippen LogP) is 2.58. The van der Waals surface area contributed by atoms with Crippen LogP contribution in [0.5, 0.6) is 0 Å². The van der Waals surface area contributed by atoms with Gasteiger partial charge in [-0.05, 0) is 29.8 Å². The number of nitrogens with one attached hydrogen (secondary N) is 2. The topological polar surface area (TPSA) is 82.8 Å². The highest BCUT2D eigenvalue weighted by molar-refractivity contribution is 7.90. The molecule has 0 fully saturated rings. The van der Waals surface area contributed by atoms with E-state index in [4.69, 9.17) is 0 Å². The van der Waals surface area contributed by atoms with E-state index in [0.717, 1.165) is 6.26 Å². The van der Waals surface area contributed by atoms with E-state index in [2.05, 4.69) is 10.2 Å². The van der Waals surface area contributed by atoms with Gasteiger partial charge in [-0.15, -0.1) is 0 Å². The molecule has 0 saturated heterocycles. The van der Waals surface area contributed by atoms with Gasteiger partial charge < -0.3 is 0 Å². The molecule has 5 nitrogen and oxygen atoms in total. The third-order valence-electron chi connectivity index (χ3n) is 3.48. The van der Waals surface area contributed by atoms with Gasteiger partial charge in [-0.1, -0.05) is 24.3 Å². The fraction of sp³-hybridized carbons (Fsp3) is 0.0625. The number of benzene rings is 2. The van der Waals surface area contributed by atoms with Crippen LogP contribution in [0, 0.1) is 5.82 Å². The zero-order valence-corrected chi connectivity index (χ0v) is 12.9. The Morgan fingerprint density at radius 2 is 1.43 bits per heavy atom. The highest BCUT2D eigenvalue weighted by atomic mass is 32.2. The van der Waals surface area contributed by atoms with Crippen molar-refractivity contribution < 1.29 is 12.8 Å². The van der Waals surface area contributed by atoms with Gasteiger partial charge in [0, 0.05) is 11.8 Å². The molecule has 1 aromatic heterocycles. The van der Waals surface area contributed by atoms with Crippen molar-refractivity contribution in [2.24, 2.45) is 0 Å². The number of halogens is 1. The molecule has 0 bridgehead atoms. The van der Waals surface area contributed by atoms with E-state index in [1.807, 2.05) is 0 Å². The lowest BCUT2D eigenvalue weighted by Crippen LogP contribution is -2.01. The molecule has 2 aromatic carbocycles. The molecule has 0 atom stereocenters. The van der Waals surface area contributed by atoms with Crippen molar-refractivity contribution in [1.29, 1.82) is 0 Å². The van der Waals surface area contributed by atoms with Crippen LogP contribution >= 0.6 is 0 Å². The maximum Gasteiger partial charge on any atom is 0.272 e. The molecule has 1 heterocycles. The molecule has 7 heteroatoms. The van der Waals surface area contributed by atoms with Crippen LogP contribution in [0.2, 0.25) is 0 Å². The first-order valence-corrected chi connectivity index (χ1v) is 8.62. The van der Waals surface area contributed by atoms with Crippen LogP contribution in [-0.2, 0) is 9.84 Å². The minimum atomic E-state index is -3.29. The number of H-pyrrole nitrogens is 2. The van der Waals surface area contributed by atoms with Crippen molar-refractivity contribution in [2.75, 3.05) is 6.26 Å². The summed E-state index contributed by atoms with van der Waals surface area (Å²) in [5.41, 5.74) is 1.77. The summed E-state index contributed by atoms with van der Waals surface area (Å²) < 4.78 is 36.1. The second-order valence-electron chi connectivity index (χ2n) is 5.13. The van der Waals surface area contributed by atoms with Gasteiger partial charge >= 0.3 is 0 Å². The van der Waals surface area contributed by atoms with Crippen molar-refractivity contribution in [3.63, 3.8) is 0 Å². The Labute approximate surface area is 131 Å². The maximum absolute atomic E-state index is 13.1. The highest BCUT2D eigenvalue weighted by Crippen LogP contribution is 2.28. The lowest BCUT2D eigenvalue weighted by atomic mass is 10.0. The zero-order chi connectivity index (χ0) is 16.6. The molecule has 3 rings (SSSR count). The number of sulfone groups is 1. The number of hydrogen-bond acceptors (Lipinski definition) is 3. The smallest absolute Gasteiger partial charge is 0.272 e. The van der Waals surface area contributed by atoms with Crippen molar-refractivity contribution in [2.45, 2.75) is 4.90 Å². The van der Waals surface area contributed by atoms with E-state index >= 15 is 0 Å². The predicted molar refractivity (Wildman–Crippen MR) is 85.4 cm³/mol. The van der Waals surface area contributed by atoms with Gasteiger partial charge in [0.25, 0.3) is 5.56 Å². The van der Waals surface area contributed by atoms with Crippen molar-refractivity contribution in [1.82, 2.24) is 10.2 Å². The molecule has 118 valence electrons. The Balaban J connectivity index is 2.12. The average Bonchev–Trinajstić information content (AvgIpc) is 2.89. The maximum atomic E-state index is 13.1. The number of aromatic nitrogens is 2. The second kappa shape index (κ2) is 5.51. The molecule has 0 aliphatic carbocycles. The standard InChI is InChI=1S/C16H13FN2O3S/c1-23(21,22)13-8-4-11(5-9-13)15-14(16(20)19-18-15)10-2-6-12(17)7-3-10/h2-9H,1H3,(H2,18,19,20). The van der Waals surface area contributed by atoms with Crippen molar-refractivity contribution in [3.8, 4) is 22.4 Å². The number of hydrogen-bond donors (Lipinski definition) is 2. The normalized spacial score (nSPS) is 11.6. The van der Waals surface area contributed by atoms with Crippen LogP contribution in [0.1, 0.15) is 0 Å². The van der Waals surface area contributed by atoms with Crippen LogP contribution in [0.15, 0.2) is 58.2 Å². The van der Waals surface area contributed by atoms with Crippen LogP contribution in [-0.4, -0.2) is 24.9 Å². The summed E-state index contributed by atoms with van der Waals surface area (Å²) in [5.74, 6) is -0.389. The van der Waals surface area contributed by atoms with E-state index in [-0.39, 0.29) is 16.3 Å². The van der Waals surface area contributed by atoms with Gasteiger partial charge in [-0.3, -0.25) is 15.0 Å². The SMILES string of the molecule is CS(=O)(=O)c1ccc(-c2[nH][nH]c(=O)c2-c2ccc(F)cc2)cc1. The van der Waals surface area contributed by atoms with Gasteiger partial charge in [0.05, 0.1) is 16.2 Å². The Morgan fingerprint density at radius 3 is 2.00 bits per heavy atom. The van der Waals surface area contributed by atoms with E-state index in [1.54, 1.807) is 12.1 Å². The molecule has 0 spiro atoms. The molecule has 0 saturated carbocycles. The minimum absolute atomic E-state index is 0.197. The number of rotatable bonds is 3. The minimum Gasteiger partial charge on any atom is -0.297 e. The van der Waals surface area contributed by atoms with Gasteiger partial charge in [0.2, 0.25) is 0 Å². The summed E-state index contributed by atoms with van der Waals surface area (Å²) in [4.78, 5) is 12.2. The Morgan fingerprint density at radius 1 is 0.870 bits per heavy atom. The highest BCUT2D eigenvalue weighted by Gasteiger charge is 2.15. The summed E-state index contributed by atoms with van der Waals surface area (Å²) in [6.07, 6.45) is 1.13. The molecule has 0 aliphatic rings. The lowest BCUT2D eigenvalue weighted by Gasteiger charge is -2.04. The molecule has 2 N–H and O–H groups in total. The molecule has 0 aliphatic heterocycles. The van der Waals surface area contributed by atoms with Gasteiger partial charge in [0.15, 0.2) is 9.84 Å². The quantitative estimate of drug-likeness (QED) is 0.773. The second-order valence-corrected chi connectivity index (χ2v) is 7.15. The van der Waals surface area contributed by atoms with Gasteiger partial charge in [-0.25, -0.2) is 12.8 Å². The first kappa shape index (κ1) is 15.2. The van der Waals surface area contributed by atoms with E-state index in [0.29, 0.717) is 22.4 Å². The average molecular weight is 332 g/mol. The third-order valence-corrected chi connectivity index (χ3v) is 4.61. The molecular formula is C16H13FN2O3S. The first-order chi connectivity index (χ1) is 10.9. The fourth-order valence-corrected chi connectivity index (χ4v) is 2.97. The lowest BCUT2D eigenvalue weighted by molar-refractivity contribution is 0.602. The molecule has 0 radical (unpaired) electrons. The molecule has 23 heavy (non-hydrogen) atoms. The summed E-state index contributed by atoms with van der Waals surface area (Å²) in [6.45, 7) is 0. The van der Waals surface area contributed by atoms with Gasteiger partial charge in [0.1, 0.15) is 5.82 Å². The fourth-order valence-electron chi connectivity index (χ4n) is 2.34. The van der Waals surface area contributed by atoms with Gasteiger partial charge in [-0.2, -0.15) is 0 Å². The van der Waals surface area contributed by atoms with Crippen LogP contribution in [0.25, 0.3) is 22.4 Å². The third kappa shape index (κ3) is 2.95. The van der Waals surface area contributed by atoms with E-state index < -0.39 is 9.84 Å². The van der Waals surface area contributed by atoms with Crippen LogP contribution < -0.4 is 5.56 Å². The van der Waals surface area contributed by atoms with E-state index in [1.165, 1.54) is 36.4 Å². The number of aromatic amines is 2. The molecular weight excluding hydrogens is 319 g/mol. The summed E-state index contributed by atoms with van der Waals surface area (Å²) in [7, 11) is -3.29. The Kier molecular flexibility index (Phi) is 3.65. The zero-order valence-electron chi connectivity index (χ0n) is 12.1. The summed E-state index contributed by atoms with van der Waals surface area (Å²) >= 11 is 0. The van der Waals surface area contributed by atoms with Crippen molar-refractivity contribution >= 4 is 9.84 Å². The monoisotopic (exact) mass is 332 g/mol. The molecule has 0 amide bonds. The summed E-state index contributed by atoms with van der Waals surface area (Å²) in [6, 6.07) is 11.8. The summed E-state index contributed by atoms with van der Waals surface area (Å²) in [5, 5.41) is 5.28. The van der Waals surface area contributed by atoms with Crippen molar-refractivity contribution in [3.05, 3.63) is 64.7 Å². The van der Waals surface area contributed by atoms with E-state index in [9.17, 15) is 17.6 Å². The Bertz CT molecular complexity index is 1000. The Hall–Kier alpha value is -2.67. The molecule has 3 aromatic rings. The van der Waals surface area contributed by atoms with Crippen LogP contribution in [0.4, 0.5) is 4.39 Å². The molecule has 0 unspecified atom stereocenters. The first-order valence-electron chi connectivity index (χ1n) is 6.73. The largest absolute Gasteiger partial charge is 0.297 e.